The number of non-ortho nitro benzene ring substituents is 1. The molecule has 4 aromatic rings. The number of rotatable bonds is 8. The normalized spacial score (nSPS) is 11.0. The number of methoxy groups -OCH3 is 1. The fraction of sp³-hybridized carbons (Fsp3) is 0.0833. The number of furan rings is 1. The van der Waals surface area contributed by atoms with Crippen molar-refractivity contribution in [3.05, 3.63) is 97.3 Å². The van der Waals surface area contributed by atoms with Gasteiger partial charge in [0, 0.05) is 17.5 Å². The number of nitrogens with one attached hydrogen (secondary N) is 1. The maximum atomic E-state index is 12.3. The zero-order chi connectivity index (χ0) is 24.1. The van der Waals surface area contributed by atoms with Crippen LogP contribution in [0.15, 0.2) is 76.2 Å². The van der Waals surface area contributed by atoms with E-state index < -0.39 is 10.8 Å². The number of hydrogen-bond donors (Lipinski definition) is 1. The zero-order valence-electron chi connectivity index (χ0n) is 17.9. The second-order valence-electron chi connectivity index (χ2n) is 7.10. The lowest BCUT2D eigenvalue weighted by Crippen LogP contribution is -2.16. The molecule has 1 amide bonds. The molecular formula is C24H18IN3O6. The Morgan fingerprint density at radius 3 is 2.76 bits per heavy atom. The van der Waals surface area contributed by atoms with Gasteiger partial charge >= 0.3 is 5.91 Å². The number of hydrazone groups is 1. The molecule has 0 aliphatic rings. The zero-order valence-corrected chi connectivity index (χ0v) is 20.0. The minimum atomic E-state index is -0.467. The third-order valence-electron chi connectivity index (χ3n) is 4.79. The number of nitrogens with zero attached hydrogens (tertiary/aromatic N) is 2. The number of ether oxygens (including phenoxy) is 2. The minimum Gasteiger partial charge on any atom is -0.493 e. The number of fused-ring (bicyclic) bond motifs is 1. The van der Waals surface area contributed by atoms with E-state index in [9.17, 15) is 14.9 Å². The molecule has 0 saturated heterocycles. The quantitative estimate of drug-likeness (QED) is 0.133. The Bertz CT molecular complexity index is 1370. The predicted octanol–water partition coefficient (Wildman–Crippen LogP) is 5.30. The molecule has 0 aliphatic carbocycles. The van der Waals surface area contributed by atoms with Gasteiger partial charge in [0.15, 0.2) is 17.3 Å². The van der Waals surface area contributed by atoms with Gasteiger partial charge in [-0.2, -0.15) is 5.10 Å². The number of nitro groups is 1. The summed E-state index contributed by atoms with van der Waals surface area (Å²) in [5.41, 5.74) is 4.40. The number of nitro benzene ring substituents is 1. The van der Waals surface area contributed by atoms with Crippen LogP contribution in [0.1, 0.15) is 21.7 Å². The molecule has 9 nitrogen and oxygen atoms in total. The molecular weight excluding hydrogens is 553 g/mol. The Hall–Kier alpha value is -3.93. The van der Waals surface area contributed by atoms with Crippen LogP contribution in [0.2, 0.25) is 0 Å². The SMILES string of the molecule is COc1cc(/C=N/NC(=O)c2cc3ccccc3o2)cc(I)c1OCc1cccc([N+](=O)[O-])c1. The molecule has 0 aliphatic heterocycles. The summed E-state index contributed by atoms with van der Waals surface area (Å²) in [6.45, 7) is 0.134. The van der Waals surface area contributed by atoms with E-state index in [1.807, 2.05) is 24.3 Å². The highest BCUT2D eigenvalue weighted by atomic mass is 127. The van der Waals surface area contributed by atoms with E-state index in [2.05, 4.69) is 33.1 Å². The Balaban J connectivity index is 1.44. The van der Waals surface area contributed by atoms with Crippen molar-refractivity contribution in [1.82, 2.24) is 5.43 Å². The Morgan fingerprint density at radius 1 is 1.18 bits per heavy atom. The first kappa shape index (κ1) is 23.2. The average molecular weight is 571 g/mol. The van der Waals surface area contributed by atoms with Crippen LogP contribution in [0.3, 0.4) is 0 Å². The average Bonchev–Trinajstić information content (AvgIpc) is 3.28. The monoisotopic (exact) mass is 571 g/mol. The van der Waals surface area contributed by atoms with Crippen LogP contribution in [0.5, 0.6) is 11.5 Å². The van der Waals surface area contributed by atoms with Crippen LogP contribution < -0.4 is 14.9 Å². The number of carbonyl (C=O) groups is 1. The Morgan fingerprint density at radius 2 is 2.00 bits per heavy atom. The highest BCUT2D eigenvalue weighted by Gasteiger charge is 2.14. The van der Waals surface area contributed by atoms with E-state index in [-0.39, 0.29) is 18.1 Å². The van der Waals surface area contributed by atoms with Crippen molar-refractivity contribution in [2.75, 3.05) is 7.11 Å². The number of hydrogen-bond acceptors (Lipinski definition) is 7. The van der Waals surface area contributed by atoms with E-state index >= 15 is 0 Å². The first-order valence-electron chi connectivity index (χ1n) is 10.0. The predicted molar refractivity (Wildman–Crippen MR) is 134 cm³/mol. The van der Waals surface area contributed by atoms with E-state index in [1.165, 1.54) is 25.5 Å². The summed E-state index contributed by atoms with van der Waals surface area (Å²) in [4.78, 5) is 22.8. The lowest BCUT2D eigenvalue weighted by molar-refractivity contribution is -0.384. The van der Waals surface area contributed by atoms with Gasteiger partial charge in [0.05, 0.1) is 21.8 Å². The second kappa shape index (κ2) is 10.3. The molecule has 1 heterocycles. The van der Waals surface area contributed by atoms with Gasteiger partial charge in [-0.3, -0.25) is 14.9 Å². The Labute approximate surface area is 207 Å². The largest absolute Gasteiger partial charge is 0.493 e. The molecule has 4 rings (SSSR count). The third kappa shape index (κ3) is 5.34. The standard InChI is InChI=1S/C24H18IN3O6/c1-32-21-11-16(13-26-27-24(29)22-12-17-6-2-3-8-20(17)34-22)10-19(25)23(21)33-14-15-5-4-7-18(9-15)28(30)31/h2-13H,14H2,1H3,(H,27,29)/b26-13+. The van der Waals surface area contributed by atoms with Gasteiger partial charge in [-0.15, -0.1) is 0 Å². The van der Waals surface area contributed by atoms with Crippen molar-refractivity contribution in [2.24, 2.45) is 5.10 Å². The van der Waals surface area contributed by atoms with E-state index in [0.29, 0.717) is 28.2 Å². The Kier molecular flexibility index (Phi) is 7.07. The number of halogens is 1. The lowest BCUT2D eigenvalue weighted by Gasteiger charge is -2.13. The van der Waals surface area contributed by atoms with Crippen molar-refractivity contribution in [2.45, 2.75) is 6.61 Å². The highest BCUT2D eigenvalue weighted by Crippen LogP contribution is 2.34. The van der Waals surface area contributed by atoms with Gasteiger partial charge in [-0.25, -0.2) is 5.43 Å². The first-order chi connectivity index (χ1) is 16.4. The fourth-order valence-electron chi connectivity index (χ4n) is 3.18. The summed E-state index contributed by atoms with van der Waals surface area (Å²) in [6, 6.07) is 18.8. The molecule has 172 valence electrons. The molecule has 0 atom stereocenters. The van der Waals surface area contributed by atoms with E-state index in [1.54, 1.807) is 30.3 Å². The van der Waals surface area contributed by atoms with Gasteiger partial charge in [-0.05, 0) is 58.0 Å². The molecule has 0 unspecified atom stereocenters. The molecule has 3 aromatic carbocycles. The lowest BCUT2D eigenvalue weighted by atomic mass is 10.2. The van der Waals surface area contributed by atoms with E-state index in [0.717, 1.165) is 8.96 Å². The molecule has 1 N–H and O–H groups in total. The van der Waals surface area contributed by atoms with Crippen molar-refractivity contribution >= 4 is 51.4 Å². The number of carbonyl (C=O) groups excluding carboxylic acids is 1. The number of benzene rings is 3. The van der Waals surface area contributed by atoms with Crippen LogP contribution in [-0.4, -0.2) is 24.2 Å². The smallest absolute Gasteiger partial charge is 0.307 e. The molecule has 1 aromatic heterocycles. The maximum Gasteiger partial charge on any atom is 0.307 e. The molecule has 0 spiro atoms. The van der Waals surface area contributed by atoms with E-state index in [4.69, 9.17) is 13.9 Å². The van der Waals surface area contributed by atoms with Crippen LogP contribution in [0.25, 0.3) is 11.0 Å². The number of amides is 1. The molecule has 34 heavy (non-hydrogen) atoms. The first-order valence-corrected chi connectivity index (χ1v) is 11.1. The summed E-state index contributed by atoms with van der Waals surface area (Å²) in [5.74, 6) is 0.655. The van der Waals surface area contributed by atoms with Crippen molar-refractivity contribution in [3.8, 4) is 11.5 Å². The van der Waals surface area contributed by atoms with Gasteiger partial charge in [0.2, 0.25) is 0 Å². The summed E-state index contributed by atoms with van der Waals surface area (Å²) in [5, 5.41) is 15.8. The van der Waals surface area contributed by atoms with Crippen molar-refractivity contribution in [1.29, 1.82) is 0 Å². The second-order valence-corrected chi connectivity index (χ2v) is 8.26. The van der Waals surface area contributed by atoms with Crippen LogP contribution in [-0.2, 0) is 6.61 Å². The molecule has 10 heteroatoms. The maximum absolute atomic E-state index is 12.3. The van der Waals surface area contributed by atoms with Crippen molar-refractivity contribution in [3.63, 3.8) is 0 Å². The minimum absolute atomic E-state index is 0.000911. The van der Waals surface area contributed by atoms with Gasteiger partial charge < -0.3 is 13.9 Å². The third-order valence-corrected chi connectivity index (χ3v) is 5.59. The molecule has 0 radical (unpaired) electrons. The number of para-hydroxylation sites is 1. The van der Waals surface area contributed by atoms with Crippen molar-refractivity contribution < 1.29 is 23.6 Å². The summed E-state index contributed by atoms with van der Waals surface area (Å²) >= 11 is 2.10. The highest BCUT2D eigenvalue weighted by molar-refractivity contribution is 14.1. The summed E-state index contributed by atoms with van der Waals surface area (Å²) < 4.78 is 17.6. The molecule has 0 saturated carbocycles. The van der Waals surface area contributed by atoms with Gasteiger partial charge in [0.25, 0.3) is 5.69 Å². The van der Waals surface area contributed by atoms with Gasteiger partial charge in [0.1, 0.15) is 12.2 Å². The van der Waals surface area contributed by atoms with Crippen LogP contribution in [0.4, 0.5) is 5.69 Å². The molecule has 0 bridgehead atoms. The summed E-state index contributed by atoms with van der Waals surface area (Å²) in [7, 11) is 1.51. The summed E-state index contributed by atoms with van der Waals surface area (Å²) in [6.07, 6.45) is 1.48. The molecule has 0 fully saturated rings. The topological polar surface area (TPSA) is 116 Å². The fourth-order valence-corrected chi connectivity index (χ4v) is 3.97. The van der Waals surface area contributed by atoms with Crippen LogP contribution >= 0.6 is 22.6 Å². The van der Waals surface area contributed by atoms with Crippen LogP contribution in [0, 0.1) is 13.7 Å². The van der Waals surface area contributed by atoms with Gasteiger partial charge in [-0.1, -0.05) is 30.3 Å².